The monoisotopic (exact) mass is 416 g/mol. The van der Waals surface area contributed by atoms with Gasteiger partial charge in [-0.05, 0) is 24.1 Å². The molecule has 8 heteroatoms. The van der Waals surface area contributed by atoms with Gasteiger partial charge < -0.3 is 10.00 Å². The highest BCUT2D eigenvalue weighted by molar-refractivity contribution is 6.22. The molecule has 3 aromatic rings. The molecule has 0 spiro atoms. The van der Waals surface area contributed by atoms with E-state index in [0.717, 1.165) is 10.5 Å². The van der Waals surface area contributed by atoms with Crippen LogP contribution in [0.5, 0.6) is 0 Å². The number of aromatic amines is 2. The Morgan fingerprint density at radius 3 is 2.23 bits per heavy atom. The second kappa shape index (κ2) is 7.39. The van der Waals surface area contributed by atoms with Gasteiger partial charge in [-0.15, -0.1) is 0 Å². The van der Waals surface area contributed by atoms with E-state index in [0.29, 0.717) is 35.3 Å². The summed E-state index contributed by atoms with van der Waals surface area (Å²) in [5.41, 5.74) is 2.60. The number of H-pyrrole nitrogens is 2. The Balaban J connectivity index is 1.49. The maximum absolute atomic E-state index is 13.6. The van der Waals surface area contributed by atoms with E-state index in [1.165, 1.54) is 0 Å². The van der Waals surface area contributed by atoms with Gasteiger partial charge in [0.15, 0.2) is 0 Å². The third-order valence-corrected chi connectivity index (χ3v) is 5.95. The van der Waals surface area contributed by atoms with Crippen molar-refractivity contribution in [3.63, 3.8) is 0 Å². The molecule has 2 aliphatic rings. The molecule has 5 rings (SSSR count). The van der Waals surface area contributed by atoms with Gasteiger partial charge in [0, 0.05) is 18.5 Å². The summed E-state index contributed by atoms with van der Waals surface area (Å²) in [6, 6.07) is 15.0. The van der Waals surface area contributed by atoms with Crippen LogP contribution in [0.4, 0.5) is 0 Å². The van der Waals surface area contributed by atoms with Crippen LogP contribution in [-0.2, 0) is 24.2 Å². The fourth-order valence-corrected chi connectivity index (χ4v) is 4.35. The zero-order valence-corrected chi connectivity index (χ0v) is 16.6. The Hall–Kier alpha value is -3.94. The number of hydrogen-bond donors (Lipinski definition) is 2. The average molecular weight is 416 g/mol. The first-order valence-corrected chi connectivity index (χ1v) is 10.1. The molecule has 156 valence electrons. The minimum Gasteiger partial charge on any atom is -0.335 e. The Bertz CT molecular complexity index is 1210. The average Bonchev–Trinajstić information content (AvgIpc) is 3.29. The van der Waals surface area contributed by atoms with E-state index in [-0.39, 0.29) is 24.4 Å². The number of imide groups is 1. The lowest BCUT2D eigenvalue weighted by Gasteiger charge is -2.33. The van der Waals surface area contributed by atoms with Crippen molar-refractivity contribution in [2.24, 2.45) is 0 Å². The standard InChI is InChI=1S/C23H20N4O4/c28-20-17-10-11-26(13-18(17)24-25-20)23(31)19(12-14-6-2-1-3-7-14)27-21(29)15-8-4-5-9-16(15)22(27)30/h1-9,19H,10-13H2,(H2,24,25,28). The molecule has 2 aliphatic heterocycles. The van der Waals surface area contributed by atoms with Crippen LogP contribution in [0.15, 0.2) is 59.4 Å². The number of nitrogens with one attached hydrogen (secondary N) is 2. The molecule has 1 atom stereocenters. The van der Waals surface area contributed by atoms with Gasteiger partial charge >= 0.3 is 0 Å². The Morgan fingerprint density at radius 1 is 0.903 bits per heavy atom. The molecule has 2 N–H and O–H groups in total. The maximum atomic E-state index is 13.6. The van der Waals surface area contributed by atoms with Crippen molar-refractivity contribution < 1.29 is 14.4 Å². The van der Waals surface area contributed by atoms with Crippen LogP contribution < -0.4 is 5.56 Å². The molecule has 2 aromatic carbocycles. The molecular weight excluding hydrogens is 396 g/mol. The first kappa shape index (κ1) is 19.0. The Labute approximate surface area is 177 Å². The first-order valence-electron chi connectivity index (χ1n) is 10.1. The third-order valence-electron chi connectivity index (χ3n) is 5.95. The molecular formula is C23H20N4O4. The van der Waals surface area contributed by atoms with Crippen LogP contribution in [0.3, 0.4) is 0 Å². The molecule has 0 saturated carbocycles. The van der Waals surface area contributed by atoms with Crippen molar-refractivity contribution >= 4 is 17.7 Å². The molecule has 8 nitrogen and oxygen atoms in total. The quantitative estimate of drug-likeness (QED) is 0.629. The molecule has 0 saturated heterocycles. The minimum absolute atomic E-state index is 0.178. The van der Waals surface area contributed by atoms with Gasteiger partial charge in [0.25, 0.3) is 17.4 Å². The summed E-state index contributed by atoms with van der Waals surface area (Å²) in [7, 11) is 0. The highest BCUT2D eigenvalue weighted by Crippen LogP contribution is 2.27. The highest BCUT2D eigenvalue weighted by Gasteiger charge is 2.44. The summed E-state index contributed by atoms with van der Waals surface area (Å²) >= 11 is 0. The zero-order chi connectivity index (χ0) is 21.5. The van der Waals surface area contributed by atoms with Gasteiger partial charge in [-0.25, -0.2) is 0 Å². The van der Waals surface area contributed by atoms with Crippen molar-refractivity contribution in [2.75, 3.05) is 6.54 Å². The van der Waals surface area contributed by atoms with E-state index in [2.05, 4.69) is 10.2 Å². The van der Waals surface area contributed by atoms with E-state index in [9.17, 15) is 19.2 Å². The van der Waals surface area contributed by atoms with Gasteiger partial charge in [0.1, 0.15) is 6.04 Å². The van der Waals surface area contributed by atoms with Crippen molar-refractivity contribution in [3.8, 4) is 0 Å². The molecule has 1 unspecified atom stereocenters. The normalized spacial score (nSPS) is 16.3. The maximum Gasteiger partial charge on any atom is 0.267 e. The molecule has 1 aromatic heterocycles. The smallest absolute Gasteiger partial charge is 0.267 e. The number of carbonyl (C=O) groups excluding carboxylic acids is 3. The fraction of sp³-hybridized carbons (Fsp3) is 0.217. The van der Waals surface area contributed by atoms with Crippen LogP contribution in [0, 0.1) is 0 Å². The molecule has 3 amide bonds. The van der Waals surface area contributed by atoms with Crippen molar-refractivity contribution in [1.82, 2.24) is 20.0 Å². The molecule has 0 aliphatic carbocycles. The van der Waals surface area contributed by atoms with Crippen molar-refractivity contribution in [3.05, 3.63) is 92.9 Å². The predicted molar refractivity (Wildman–Crippen MR) is 111 cm³/mol. The molecule has 0 radical (unpaired) electrons. The lowest BCUT2D eigenvalue weighted by Crippen LogP contribution is -2.53. The second-order valence-corrected chi connectivity index (χ2v) is 7.78. The largest absolute Gasteiger partial charge is 0.335 e. The lowest BCUT2D eigenvalue weighted by molar-refractivity contribution is -0.136. The first-order chi connectivity index (χ1) is 15.0. The van der Waals surface area contributed by atoms with Gasteiger partial charge in [-0.2, -0.15) is 0 Å². The van der Waals surface area contributed by atoms with Gasteiger partial charge in [-0.3, -0.25) is 29.2 Å². The van der Waals surface area contributed by atoms with E-state index in [1.54, 1.807) is 29.2 Å². The topological polar surface area (TPSA) is 106 Å². The predicted octanol–water partition coefficient (Wildman–Crippen LogP) is 1.50. The van der Waals surface area contributed by atoms with Gasteiger partial charge in [0.05, 0.1) is 23.4 Å². The van der Waals surface area contributed by atoms with E-state index in [1.807, 2.05) is 30.3 Å². The van der Waals surface area contributed by atoms with Gasteiger partial charge in [0.2, 0.25) is 5.91 Å². The molecule has 0 fully saturated rings. The third kappa shape index (κ3) is 3.16. The number of hydrogen-bond acceptors (Lipinski definition) is 4. The van der Waals surface area contributed by atoms with E-state index in [4.69, 9.17) is 0 Å². The SMILES string of the molecule is O=C(C(Cc1ccccc1)N1C(=O)c2ccccc2C1=O)N1CCc2c([nH][nH]c2=O)C1. The number of rotatable bonds is 4. The van der Waals surface area contributed by atoms with Crippen molar-refractivity contribution in [1.29, 1.82) is 0 Å². The number of fused-ring (bicyclic) bond motifs is 2. The number of aromatic nitrogens is 2. The number of carbonyl (C=O) groups is 3. The van der Waals surface area contributed by atoms with Crippen LogP contribution in [0.25, 0.3) is 0 Å². The minimum atomic E-state index is -0.970. The molecule has 31 heavy (non-hydrogen) atoms. The summed E-state index contributed by atoms with van der Waals surface area (Å²) in [4.78, 5) is 54.4. The molecule has 0 bridgehead atoms. The summed E-state index contributed by atoms with van der Waals surface area (Å²) in [5, 5.41) is 5.37. The van der Waals surface area contributed by atoms with Crippen LogP contribution in [-0.4, -0.2) is 50.3 Å². The van der Waals surface area contributed by atoms with Crippen LogP contribution in [0.2, 0.25) is 0 Å². The zero-order valence-electron chi connectivity index (χ0n) is 16.6. The Kier molecular flexibility index (Phi) is 4.54. The van der Waals surface area contributed by atoms with E-state index < -0.39 is 17.9 Å². The summed E-state index contributed by atoms with van der Waals surface area (Å²) < 4.78 is 0. The fourth-order valence-electron chi connectivity index (χ4n) is 4.35. The molecule has 3 heterocycles. The number of amides is 3. The lowest BCUT2D eigenvalue weighted by atomic mass is 10.0. The van der Waals surface area contributed by atoms with Crippen molar-refractivity contribution in [2.45, 2.75) is 25.4 Å². The van der Waals surface area contributed by atoms with Gasteiger partial charge in [-0.1, -0.05) is 42.5 Å². The van der Waals surface area contributed by atoms with Crippen LogP contribution >= 0.6 is 0 Å². The van der Waals surface area contributed by atoms with E-state index >= 15 is 0 Å². The Morgan fingerprint density at radius 2 is 1.55 bits per heavy atom. The second-order valence-electron chi connectivity index (χ2n) is 7.78. The van der Waals surface area contributed by atoms with Crippen LogP contribution in [0.1, 0.15) is 37.5 Å². The number of nitrogens with zero attached hydrogens (tertiary/aromatic N) is 2. The summed E-state index contributed by atoms with van der Waals surface area (Å²) in [6.07, 6.45) is 0.637. The highest BCUT2D eigenvalue weighted by atomic mass is 16.2. The summed E-state index contributed by atoms with van der Waals surface area (Å²) in [6.45, 7) is 0.572. The number of benzene rings is 2. The summed E-state index contributed by atoms with van der Waals surface area (Å²) in [5.74, 6) is -1.23.